The van der Waals surface area contributed by atoms with Crippen molar-refractivity contribution < 1.29 is 22.7 Å². The van der Waals surface area contributed by atoms with Gasteiger partial charge in [-0.25, -0.2) is 8.42 Å². The molecule has 182 valence electrons. The number of hydrogen-bond donors (Lipinski definition) is 1. The monoisotopic (exact) mass is 494 g/mol. The van der Waals surface area contributed by atoms with E-state index in [1.54, 1.807) is 39.9 Å². The molecule has 10 heteroatoms. The van der Waals surface area contributed by atoms with Crippen molar-refractivity contribution in [3.8, 4) is 0 Å². The number of likely N-dealkylation sites (N-methyl/N-ethyl adjacent to an activating group) is 1. The number of carbonyl (C=O) groups is 2. The summed E-state index contributed by atoms with van der Waals surface area (Å²) in [4.78, 5) is 26.7. The standard InChI is InChI=1S/C25H26N4O5S/c1-2-29-23-8-7-18(35(32,33)28-9-11-34-12-10-28)14-20(23)21(25(29)31)13-17-15-27(16-24(26)30)22-6-4-3-5-19(17)22/h3-8,13-15H,2,9-12,16H2,1H3,(H2,26,30). The number of rotatable bonds is 6. The molecule has 2 N–H and O–H groups in total. The highest BCUT2D eigenvalue weighted by molar-refractivity contribution is 7.89. The minimum Gasteiger partial charge on any atom is -0.379 e. The van der Waals surface area contributed by atoms with E-state index in [-0.39, 0.29) is 17.3 Å². The van der Waals surface area contributed by atoms with Crippen LogP contribution in [-0.2, 0) is 30.9 Å². The Kier molecular flexibility index (Phi) is 5.96. The Morgan fingerprint density at radius 1 is 1.14 bits per heavy atom. The van der Waals surface area contributed by atoms with E-state index in [1.807, 2.05) is 31.2 Å². The van der Waals surface area contributed by atoms with Gasteiger partial charge < -0.3 is 19.9 Å². The summed E-state index contributed by atoms with van der Waals surface area (Å²) in [6, 6.07) is 12.4. The van der Waals surface area contributed by atoms with Crippen molar-refractivity contribution in [3.63, 3.8) is 0 Å². The molecule has 0 bridgehead atoms. The molecule has 0 unspecified atom stereocenters. The minimum atomic E-state index is -3.72. The van der Waals surface area contributed by atoms with Gasteiger partial charge in [-0.15, -0.1) is 0 Å². The smallest absolute Gasteiger partial charge is 0.258 e. The maximum absolute atomic E-state index is 13.4. The zero-order valence-corrected chi connectivity index (χ0v) is 20.1. The van der Waals surface area contributed by atoms with Gasteiger partial charge in [-0.3, -0.25) is 9.59 Å². The van der Waals surface area contributed by atoms with E-state index in [0.717, 1.165) is 16.5 Å². The number of fused-ring (bicyclic) bond motifs is 2. The Balaban J connectivity index is 1.64. The number of morpholine rings is 1. The fourth-order valence-corrected chi connectivity index (χ4v) is 6.17. The molecule has 9 nitrogen and oxygen atoms in total. The number of sulfonamides is 1. The largest absolute Gasteiger partial charge is 0.379 e. The number of anilines is 1. The van der Waals surface area contributed by atoms with E-state index in [0.29, 0.717) is 49.7 Å². The number of aromatic nitrogens is 1. The van der Waals surface area contributed by atoms with Gasteiger partial charge in [0.05, 0.1) is 23.8 Å². The third-order valence-electron chi connectivity index (χ3n) is 6.39. The molecule has 5 rings (SSSR count). The van der Waals surface area contributed by atoms with Crippen molar-refractivity contribution in [1.29, 1.82) is 0 Å². The first-order chi connectivity index (χ1) is 16.8. The van der Waals surface area contributed by atoms with Gasteiger partial charge in [-0.05, 0) is 37.3 Å². The van der Waals surface area contributed by atoms with Gasteiger partial charge in [0.1, 0.15) is 6.54 Å². The fourth-order valence-electron chi connectivity index (χ4n) is 4.73. The Bertz CT molecular complexity index is 1470. The van der Waals surface area contributed by atoms with Crippen LogP contribution in [0.15, 0.2) is 53.6 Å². The lowest BCUT2D eigenvalue weighted by Gasteiger charge is -2.26. The molecular formula is C25H26N4O5S. The van der Waals surface area contributed by atoms with Crippen LogP contribution in [0.25, 0.3) is 22.6 Å². The molecule has 2 aromatic carbocycles. The van der Waals surface area contributed by atoms with E-state index in [9.17, 15) is 18.0 Å². The fraction of sp³-hybridized carbons (Fsp3) is 0.280. The summed E-state index contributed by atoms with van der Waals surface area (Å²) in [7, 11) is -3.72. The Morgan fingerprint density at radius 3 is 2.60 bits per heavy atom. The van der Waals surface area contributed by atoms with Gasteiger partial charge in [0.15, 0.2) is 0 Å². The van der Waals surface area contributed by atoms with Crippen LogP contribution in [0, 0.1) is 0 Å². The maximum atomic E-state index is 13.4. The van der Waals surface area contributed by atoms with E-state index in [4.69, 9.17) is 10.5 Å². The molecule has 2 aliphatic heterocycles. The molecule has 0 saturated carbocycles. The normalized spacial score (nSPS) is 17.9. The van der Waals surface area contributed by atoms with Crippen LogP contribution in [0.2, 0.25) is 0 Å². The van der Waals surface area contributed by atoms with Crippen LogP contribution in [0.1, 0.15) is 18.1 Å². The molecule has 0 radical (unpaired) electrons. The SMILES string of the molecule is CCN1C(=O)C(=Cc2cn(CC(N)=O)c3ccccc23)c2cc(S(=O)(=O)N3CCOCC3)ccc21. The predicted octanol–water partition coefficient (Wildman–Crippen LogP) is 2.05. The summed E-state index contributed by atoms with van der Waals surface area (Å²) in [5.41, 5.74) is 8.63. The van der Waals surface area contributed by atoms with Crippen molar-refractivity contribution in [2.45, 2.75) is 18.4 Å². The minimum absolute atomic E-state index is 0.0112. The van der Waals surface area contributed by atoms with Crippen LogP contribution in [0.4, 0.5) is 5.69 Å². The van der Waals surface area contributed by atoms with Crippen LogP contribution >= 0.6 is 0 Å². The summed E-state index contributed by atoms with van der Waals surface area (Å²) >= 11 is 0. The maximum Gasteiger partial charge on any atom is 0.258 e. The molecule has 2 amide bonds. The number of primary amides is 1. The van der Waals surface area contributed by atoms with Gasteiger partial charge in [-0.1, -0.05) is 18.2 Å². The molecule has 0 atom stereocenters. The second-order valence-corrected chi connectivity index (χ2v) is 10.4. The van der Waals surface area contributed by atoms with Crippen LogP contribution < -0.4 is 10.6 Å². The van der Waals surface area contributed by atoms with Crippen molar-refractivity contribution in [2.24, 2.45) is 5.73 Å². The predicted molar refractivity (Wildman–Crippen MR) is 133 cm³/mol. The summed E-state index contributed by atoms with van der Waals surface area (Å²) < 4.78 is 35.0. The zero-order chi connectivity index (χ0) is 24.7. The van der Waals surface area contributed by atoms with Crippen LogP contribution in [0.5, 0.6) is 0 Å². The summed E-state index contributed by atoms with van der Waals surface area (Å²) in [5, 5.41) is 0.864. The van der Waals surface area contributed by atoms with Crippen LogP contribution in [-0.4, -0.2) is 62.0 Å². The van der Waals surface area contributed by atoms with E-state index < -0.39 is 15.9 Å². The third-order valence-corrected chi connectivity index (χ3v) is 8.29. The number of nitrogens with two attached hydrogens (primary N) is 1. The zero-order valence-electron chi connectivity index (χ0n) is 19.3. The lowest BCUT2D eigenvalue weighted by Crippen LogP contribution is -2.40. The molecule has 2 aliphatic rings. The number of ether oxygens (including phenoxy) is 1. The number of hydrogen-bond acceptors (Lipinski definition) is 5. The Morgan fingerprint density at radius 2 is 1.89 bits per heavy atom. The van der Waals surface area contributed by atoms with E-state index in [2.05, 4.69) is 0 Å². The number of benzene rings is 2. The first-order valence-corrected chi connectivity index (χ1v) is 12.9. The van der Waals surface area contributed by atoms with Crippen LogP contribution in [0.3, 0.4) is 0 Å². The van der Waals surface area contributed by atoms with Gasteiger partial charge in [0.25, 0.3) is 5.91 Å². The van der Waals surface area contributed by atoms with Gasteiger partial charge >= 0.3 is 0 Å². The number of nitrogens with zero attached hydrogens (tertiary/aromatic N) is 3. The molecular weight excluding hydrogens is 468 g/mol. The first kappa shape index (κ1) is 23.3. The number of carbonyl (C=O) groups excluding carboxylic acids is 2. The lowest BCUT2D eigenvalue weighted by atomic mass is 10.0. The van der Waals surface area contributed by atoms with E-state index in [1.165, 1.54) is 4.31 Å². The van der Waals surface area contributed by atoms with Gasteiger partial charge in [0.2, 0.25) is 15.9 Å². The van der Waals surface area contributed by atoms with Crippen molar-refractivity contribution >= 4 is 50.1 Å². The second kappa shape index (κ2) is 8.95. The average Bonchev–Trinajstić information content (AvgIpc) is 3.33. The highest BCUT2D eigenvalue weighted by Crippen LogP contribution is 2.40. The summed E-state index contributed by atoms with van der Waals surface area (Å²) in [6.07, 6.45) is 3.56. The molecule has 3 heterocycles. The highest BCUT2D eigenvalue weighted by atomic mass is 32.2. The van der Waals surface area contributed by atoms with Crippen molar-refractivity contribution in [2.75, 3.05) is 37.7 Å². The van der Waals surface area contributed by atoms with Crippen molar-refractivity contribution in [1.82, 2.24) is 8.87 Å². The van der Waals surface area contributed by atoms with Gasteiger partial charge in [0, 0.05) is 53.4 Å². The number of amides is 2. The van der Waals surface area contributed by atoms with E-state index >= 15 is 0 Å². The highest BCUT2D eigenvalue weighted by Gasteiger charge is 2.34. The molecule has 3 aromatic rings. The molecule has 1 fully saturated rings. The number of para-hydroxylation sites is 1. The first-order valence-electron chi connectivity index (χ1n) is 11.4. The second-order valence-electron chi connectivity index (χ2n) is 8.50. The Labute approximate surface area is 203 Å². The third kappa shape index (κ3) is 4.03. The molecule has 1 aromatic heterocycles. The molecule has 0 spiro atoms. The van der Waals surface area contributed by atoms with Crippen molar-refractivity contribution in [3.05, 3.63) is 59.8 Å². The molecule has 0 aliphatic carbocycles. The molecule has 1 saturated heterocycles. The quantitative estimate of drug-likeness (QED) is 0.527. The molecule has 35 heavy (non-hydrogen) atoms. The summed E-state index contributed by atoms with van der Waals surface area (Å²) in [6.45, 7) is 3.63. The Hall–Kier alpha value is -3.47. The lowest BCUT2D eigenvalue weighted by molar-refractivity contribution is -0.118. The average molecular weight is 495 g/mol. The van der Waals surface area contributed by atoms with Gasteiger partial charge in [-0.2, -0.15) is 4.31 Å². The summed E-state index contributed by atoms with van der Waals surface area (Å²) in [5.74, 6) is -0.669. The topological polar surface area (TPSA) is 115 Å².